The second kappa shape index (κ2) is 5.62. The van der Waals surface area contributed by atoms with Crippen LogP contribution in [0.1, 0.15) is 57.6 Å². The Morgan fingerprint density at radius 3 is 2.61 bits per heavy atom. The molecule has 2 rings (SSSR count). The molecule has 0 saturated carbocycles. The summed E-state index contributed by atoms with van der Waals surface area (Å²) in [7, 11) is 0. The van der Waals surface area contributed by atoms with Gasteiger partial charge in [0.15, 0.2) is 0 Å². The summed E-state index contributed by atoms with van der Waals surface area (Å²) in [5.74, 6) is 0.846. The van der Waals surface area contributed by atoms with Crippen LogP contribution in [0.5, 0.6) is 5.75 Å². The maximum Gasteiger partial charge on any atom is 0.126 e. The molecule has 0 radical (unpaired) electrons. The average molecular weight is 313 g/mol. The summed E-state index contributed by atoms with van der Waals surface area (Å²) >= 11 is 3.44. The highest BCUT2D eigenvalue weighted by Crippen LogP contribution is 2.44. The molecular weight excluding hydrogens is 292 g/mol. The van der Waals surface area contributed by atoms with Crippen molar-refractivity contribution in [2.24, 2.45) is 0 Å². The fourth-order valence-corrected chi connectivity index (χ4v) is 3.33. The first-order chi connectivity index (χ1) is 8.60. The summed E-state index contributed by atoms with van der Waals surface area (Å²) < 4.78 is 7.23. The largest absolute Gasteiger partial charge is 0.487 e. The summed E-state index contributed by atoms with van der Waals surface area (Å²) in [4.78, 5) is 0. The third-order valence-electron chi connectivity index (χ3n) is 3.63. The van der Waals surface area contributed by atoms with Crippen LogP contribution < -0.4 is 4.74 Å². The molecule has 1 aromatic rings. The molecule has 0 bridgehead atoms. The van der Waals surface area contributed by atoms with E-state index in [0.717, 1.165) is 41.5 Å². The topological polar surface area (TPSA) is 29.5 Å². The number of halogens is 1. The molecule has 1 N–H and O–H groups in total. The Bertz CT molecular complexity index is 411. The lowest BCUT2D eigenvalue weighted by Gasteiger charge is -2.41. The number of hydrogen-bond donors (Lipinski definition) is 1. The molecule has 1 atom stereocenters. The number of hydrogen-bond acceptors (Lipinski definition) is 2. The van der Waals surface area contributed by atoms with Crippen molar-refractivity contribution in [2.45, 2.75) is 57.7 Å². The van der Waals surface area contributed by atoms with Gasteiger partial charge in [-0.3, -0.25) is 0 Å². The zero-order valence-corrected chi connectivity index (χ0v) is 12.7. The van der Waals surface area contributed by atoms with E-state index in [4.69, 9.17) is 4.74 Å². The minimum atomic E-state index is -0.413. The highest BCUT2D eigenvalue weighted by atomic mass is 79.9. The summed E-state index contributed by atoms with van der Waals surface area (Å²) in [6, 6.07) is 5.89. The minimum absolute atomic E-state index is 0.177. The maximum absolute atomic E-state index is 10.4. The van der Waals surface area contributed by atoms with Crippen LogP contribution in [0.2, 0.25) is 0 Å². The Hall–Kier alpha value is -0.540. The van der Waals surface area contributed by atoms with Gasteiger partial charge in [-0.05, 0) is 31.0 Å². The molecule has 0 fully saturated rings. The van der Waals surface area contributed by atoms with Crippen LogP contribution in [0, 0.1) is 0 Å². The standard InChI is InChI=1S/C15H21BrO2/c1-3-7-15(8-4-2)10-13(17)12-9-11(16)5-6-14(12)18-15/h5-6,9,13,17H,3-4,7-8,10H2,1-2H3/t13-/m0/s1. The first kappa shape index (κ1) is 13.9. The van der Waals surface area contributed by atoms with E-state index in [1.807, 2.05) is 18.2 Å². The van der Waals surface area contributed by atoms with Crippen LogP contribution in [0.3, 0.4) is 0 Å². The molecule has 1 aliphatic heterocycles. The predicted molar refractivity (Wildman–Crippen MR) is 76.9 cm³/mol. The number of aliphatic hydroxyl groups excluding tert-OH is 1. The van der Waals surface area contributed by atoms with Gasteiger partial charge >= 0.3 is 0 Å². The number of ether oxygens (including phenoxy) is 1. The molecule has 3 heteroatoms. The van der Waals surface area contributed by atoms with E-state index in [2.05, 4.69) is 29.8 Å². The van der Waals surface area contributed by atoms with Crippen LogP contribution in [0.25, 0.3) is 0 Å². The van der Waals surface area contributed by atoms with Crippen molar-refractivity contribution in [1.82, 2.24) is 0 Å². The molecule has 0 amide bonds. The fraction of sp³-hybridized carbons (Fsp3) is 0.600. The van der Waals surface area contributed by atoms with Crippen molar-refractivity contribution in [3.8, 4) is 5.75 Å². The van der Waals surface area contributed by atoms with Crippen molar-refractivity contribution in [1.29, 1.82) is 0 Å². The quantitative estimate of drug-likeness (QED) is 0.880. The highest BCUT2D eigenvalue weighted by molar-refractivity contribution is 9.10. The summed E-state index contributed by atoms with van der Waals surface area (Å²) in [6.45, 7) is 4.34. The van der Waals surface area contributed by atoms with Gasteiger partial charge in [-0.1, -0.05) is 42.6 Å². The van der Waals surface area contributed by atoms with E-state index in [1.165, 1.54) is 0 Å². The van der Waals surface area contributed by atoms with E-state index in [9.17, 15) is 5.11 Å². The predicted octanol–water partition coefficient (Wildman–Crippen LogP) is 4.60. The second-order valence-corrected chi connectivity index (χ2v) is 6.10. The zero-order valence-electron chi connectivity index (χ0n) is 11.1. The monoisotopic (exact) mass is 312 g/mol. The third kappa shape index (κ3) is 2.72. The lowest BCUT2D eigenvalue weighted by atomic mass is 9.82. The van der Waals surface area contributed by atoms with Gasteiger partial charge < -0.3 is 9.84 Å². The van der Waals surface area contributed by atoms with Gasteiger partial charge in [0, 0.05) is 16.5 Å². The molecule has 18 heavy (non-hydrogen) atoms. The Labute approximate surface area is 117 Å². The van der Waals surface area contributed by atoms with Crippen molar-refractivity contribution in [3.05, 3.63) is 28.2 Å². The molecule has 0 unspecified atom stereocenters. The molecule has 0 saturated heterocycles. The van der Waals surface area contributed by atoms with Gasteiger partial charge in [-0.2, -0.15) is 0 Å². The lowest BCUT2D eigenvalue weighted by Crippen LogP contribution is -2.41. The van der Waals surface area contributed by atoms with E-state index < -0.39 is 6.10 Å². The minimum Gasteiger partial charge on any atom is -0.487 e. The van der Waals surface area contributed by atoms with E-state index in [0.29, 0.717) is 6.42 Å². The van der Waals surface area contributed by atoms with Crippen molar-refractivity contribution < 1.29 is 9.84 Å². The molecule has 0 aliphatic carbocycles. The number of aliphatic hydroxyl groups is 1. The van der Waals surface area contributed by atoms with Crippen LogP contribution in [-0.4, -0.2) is 10.7 Å². The molecule has 0 spiro atoms. The number of rotatable bonds is 4. The second-order valence-electron chi connectivity index (χ2n) is 5.19. The molecule has 1 heterocycles. The molecule has 2 nitrogen and oxygen atoms in total. The highest BCUT2D eigenvalue weighted by Gasteiger charge is 2.39. The molecule has 0 aromatic heterocycles. The first-order valence-electron chi connectivity index (χ1n) is 6.77. The Morgan fingerprint density at radius 2 is 2.00 bits per heavy atom. The normalized spacial score (nSPS) is 21.2. The average Bonchev–Trinajstić information content (AvgIpc) is 2.31. The van der Waals surface area contributed by atoms with Crippen molar-refractivity contribution >= 4 is 15.9 Å². The fourth-order valence-electron chi connectivity index (χ4n) is 2.95. The van der Waals surface area contributed by atoms with Gasteiger partial charge in [0.25, 0.3) is 0 Å². The summed E-state index contributed by atoms with van der Waals surface area (Å²) in [5.41, 5.74) is 0.733. The Balaban J connectivity index is 2.32. The van der Waals surface area contributed by atoms with Gasteiger partial charge in [0.05, 0.1) is 6.10 Å². The van der Waals surface area contributed by atoms with Gasteiger partial charge in [-0.15, -0.1) is 0 Å². The maximum atomic E-state index is 10.4. The van der Waals surface area contributed by atoms with E-state index in [-0.39, 0.29) is 5.60 Å². The number of fused-ring (bicyclic) bond motifs is 1. The molecular formula is C15H21BrO2. The van der Waals surface area contributed by atoms with Gasteiger partial charge in [0.1, 0.15) is 11.4 Å². The van der Waals surface area contributed by atoms with Crippen molar-refractivity contribution in [2.75, 3.05) is 0 Å². The van der Waals surface area contributed by atoms with Crippen LogP contribution >= 0.6 is 15.9 Å². The van der Waals surface area contributed by atoms with E-state index in [1.54, 1.807) is 0 Å². The SMILES string of the molecule is CCCC1(CCC)C[C@H](O)c2cc(Br)ccc2O1. The van der Waals surface area contributed by atoms with Gasteiger partial charge in [0.2, 0.25) is 0 Å². The number of benzene rings is 1. The lowest BCUT2D eigenvalue weighted by molar-refractivity contribution is -0.0268. The van der Waals surface area contributed by atoms with Gasteiger partial charge in [-0.25, -0.2) is 0 Å². The zero-order chi connectivity index (χ0) is 13.2. The Morgan fingerprint density at radius 1 is 1.33 bits per heavy atom. The van der Waals surface area contributed by atoms with E-state index >= 15 is 0 Å². The molecule has 1 aliphatic rings. The van der Waals surface area contributed by atoms with Crippen molar-refractivity contribution in [3.63, 3.8) is 0 Å². The first-order valence-corrected chi connectivity index (χ1v) is 7.56. The summed E-state index contributed by atoms with van der Waals surface area (Å²) in [5, 5.41) is 10.4. The summed E-state index contributed by atoms with van der Waals surface area (Å²) in [6.07, 6.45) is 4.47. The smallest absolute Gasteiger partial charge is 0.126 e. The molecule has 100 valence electrons. The van der Waals surface area contributed by atoms with Crippen LogP contribution in [0.15, 0.2) is 22.7 Å². The molecule has 1 aromatic carbocycles. The third-order valence-corrected chi connectivity index (χ3v) is 4.13. The Kier molecular flexibility index (Phi) is 4.33. The van der Waals surface area contributed by atoms with Crippen LogP contribution in [-0.2, 0) is 0 Å². The van der Waals surface area contributed by atoms with Crippen LogP contribution in [0.4, 0.5) is 0 Å².